The van der Waals surface area contributed by atoms with E-state index in [0.717, 1.165) is 12.8 Å². The number of hydrogen-bond acceptors (Lipinski definition) is 2. The van der Waals surface area contributed by atoms with Crippen molar-refractivity contribution < 1.29 is 14.7 Å². The van der Waals surface area contributed by atoms with Crippen LogP contribution in [-0.4, -0.2) is 53.1 Å². The minimum atomic E-state index is -0.969. The van der Waals surface area contributed by atoms with Crippen LogP contribution in [0.5, 0.6) is 0 Å². The number of rotatable bonds is 7. The Morgan fingerprint density at radius 3 is 1.81 bits per heavy atom. The first kappa shape index (κ1) is 14.7. The first-order chi connectivity index (χ1) is 7.56. The molecule has 0 saturated heterocycles. The fourth-order valence-corrected chi connectivity index (χ4v) is 1.52. The van der Waals surface area contributed by atoms with E-state index in [1.54, 1.807) is 11.8 Å². The van der Waals surface area contributed by atoms with Crippen molar-refractivity contribution in [3.05, 3.63) is 0 Å². The summed E-state index contributed by atoms with van der Waals surface area (Å²) in [5.41, 5.74) is 0. The van der Waals surface area contributed by atoms with Gasteiger partial charge in [-0.05, 0) is 19.8 Å². The first-order valence-corrected chi connectivity index (χ1v) is 5.82. The van der Waals surface area contributed by atoms with Crippen molar-refractivity contribution in [2.24, 2.45) is 0 Å². The number of carbonyl (C=O) groups is 2. The molecular weight excluding hydrogens is 208 g/mol. The topological polar surface area (TPSA) is 60.9 Å². The van der Waals surface area contributed by atoms with E-state index in [9.17, 15) is 9.59 Å². The molecule has 0 bridgehead atoms. The minimum Gasteiger partial charge on any atom is -0.480 e. The van der Waals surface area contributed by atoms with Crippen LogP contribution in [0.1, 0.15) is 33.6 Å². The highest BCUT2D eigenvalue weighted by Crippen LogP contribution is 2.02. The van der Waals surface area contributed by atoms with Gasteiger partial charge in [0.1, 0.15) is 6.54 Å². The molecule has 0 atom stereocenters. The molecule has 0 saturated carbocycles. The van der Waals surface area contributed by atoms with Gasteiger partial charge in [-0.25, -0.2) is 4.79 Å². The summed E-state index contributed by atoms with van der Waals surface area (Å²) in [5, 5.41) is 8.69. The molecule has 0 aliphatic rings. The highest BCUT2D eigenvalue weighted by atomic mass is 16.4. The van der Waals surface area contributed by atoms with Crippen molar-refractivity contribution in [1.82, 2.24) is 9.80 Å². The van der Waals surface area contributed by atoms with Gasteiger partial charge in [0, 0.05) is 19.6 Å². The Hall–Kier alpha value is -1.26. The quantitative estimate of drug-likeness (QED) is 0.723. The lowest BCUT2D eigenvalue weighted by Gasteiger charge is -2.28. The molecule has 0 aliphatic heterocycles. The first-order valence-electron chi connectivity index (χ1n) is 5.82. The molecule has 0 rings (SSSR count). The molecular formula is C11H22N2O3. The Kier molecular flexibility index (Phi) is 7.33. The largest absolute Gasteiger partial charge is 0.480 e. The molecule has 1 N–H and O–H groups in total. The second-order valence-electron chi connectivity index (χ2n) is 3.68. The molecule has 0 unspecified atom stereocenters. The molecule has 94 valence electrons. The monoisotopic (exact) mass is 230 g/mol. The van der Waals surface area contributed by atoms with Gasteiger partial charge in [-0.15, -0.1) is 0 Å². The van der Waals surface area contributed by atoms with Gasteiger partial charge < -0.3 is 14.9 Å². The van der Waals surface area contributed by atoms with Gasteiger partial charge in [0.05, 0.1) is 0 Å². The van der Waals surface area contributed by atoms with Gasteiger partial charge in [-0.3, -0.25) is 4.79 Å². The number of urea groups is 1. The second kappa shape index (κ2) is 7.96. The zero-order valence-corrected chi connectivity index (χ0v) is 10.4. The van der Waals surface area contributed by atoms with Crippen molar-refractivity contribution >= 4 is 12.0 Å². The van der Waals surface area contributed by atoms with E-state index >= 15 is 0 Å². The Bertz CT molecular complexity index is 225. The van der Waals surface area contributed by atoms with Crippen LogP contribution in [0.4, 0.5) is 4.79 Å². The maximum absolute atomic E-state index is 12.0. The molecule has 0 aromatic rings. The van der Waals surface area contributed by atoms with Crippen molar-refractivity contribution in [2.45, 2.75) is 33.6 Å². The number of aliphatic carboxylic acids is 1. The number of nitrogens with zero attached hydrogens (tertiary/aromatic N) is 2. The molecule has 0 aromatic carbocycles. The van der Waals surface area contributed by atoms with Crippen molar-refractivity contribution in [3.8, 4) is 0 Å². The van der Waals surface area contributed by atoms with Crippen molar-refractivity contribution in [2.75, 3.05) is 26.2 Å². The molecule has 0 aromatic heterocycles. The number of amides is 2. The second-order valence-corrected chi connectivity index (χ2v) is 3.68. The Morgan fingerprint density at radius 2 is 1.50 bits per heavy atom. The lowest BCUT2D eigenvalue weighted by molar-refractivity contribution is -0.137. The van der Waals surface area contributed by atoms with Crippen LogP contribution < -0.4 is 0 Å². The summed E-state index contributed by atoms with van der Waals surface area (Å²) in [6, 6.07) is -0.173. The van der Waals surface area contributed by atoms with Crippen LogP contribution in [0.3, 0.4) is 0 Å². The lowest BCUT2D eigenvalue weighted by atomic mass is 10.3. The Balaban J connectivity index is 4.47. The Morgan fingerprint density at radius 1 is 1.00 bits per heavy atom. The third kappa shape index (κ3) is 5.00. The highest BCUT2D eigenvalue weighted by Gasteiger charge is 2.20. The SMILES string of the molecule is CCCN(CCC)C(=O)N(CC)CC(=O)O. The summed E-state index contributed by atoms with van der Waals surface area (Å²) >= 11 is 0. The van der Waals surface area contributed by atoms with Crippen LogP contribution in [0.25, 0.3) is 0 Å². The maximum Gasteiger partial charge on any atom is 0.323 e. The van der Waals surface area contributed by atoms with Crippen molar-refractivity contribution in [3.63, 3.8) is 0 Å². The zero-order chi connectivity index (χ0) is 12.6. The standard InChI is InChI=1S/C11H22N2O3/c1-4-7-13(8-5-2)11(16)12(6-3)9-10(14)15/h4-9H2,1-3H3,(H,14,15). The number of carbonyl (C=O) groups excluding carboxylic acids is 1. The molecule has 0 radical (unpaired) electrons. The predicted octanol–water partition coefficient (Wildman–Crippen LogP) is 1.63. The minimum absolute atomic E-state index is 0.173. The van der Waals surface area contributed by atoms with Gasteiger partial charge in [0.15, 0.2) is 0 Å². The van der Waals surface area contributed by atoms with Gasteiger partial charge in [0.25, 0.3) is 0 Å². The van der Waals surface area contributed by atoms with Gasteiger partial charge >= 0.3 is 12.0 Å². The molecule has 2 amide bonds. The van der Waals surface area contributed by atoms with E-state index in [1.165, 1.54) is 4.90 Å². The predicted molar refractivity (Wildman–Crippen MR) is 62.4 cm³/mol. The summed E-state index contributed by atoms with van der Waals surface area (Å²) in [6.07, 6.45) is 1.77. The molecule has 0 fully saturated rings. The lowest BCUT2D eigenvalue weighted by Crippen LogP contribution is -2.45. The van der Waals surface area contributed by atoms with Gasteiger partial charge in [0.2, 0.25) is 0 Å². The molecule has 0 heterocycles. The van der Waals surface area contributed by atoms with Gasteiger partial charge in [-0.2, -0.15) is 0 Å². The molecule has 0 spiro atoms. The third-order valence-corrected chi connectivity index (χ3v) is 2.24. The van der Waals surface area contributed by atoms with Crippen LogP contribution in [0, 0.1) is 0 Å². The number of carboxylic acid groups (broad SMARTS) is 1. The van der Waals surface area contributed by atoms with E-state index < -0.39 is 5.97 Å². The summed E-state index contributed by atoms with van der Waals surface area (Å²) in [5.74, 6) is -0.969. The van der Waals surface area contributed by atoms with E-state index in [2.05, 4.69) is 0 Å². The zero-order valence-electron chi connectivity index (χ0n) is 10.4. The van der Waals surface area contributed by atoms with E-state index in [0.29, 0.717) is 19.6 Å². The summed E-state index contributed by atoms with van der Waals surface area (Å²) in [4.78, 5) is 25.6. The van der Waals surface area contributed by atoms with Crippen LogP contribution in [-0.2, 0) is 4.79 Å². The van der Waals surface area contributed by atoms with Crippen molar-refractivity contribution in [1.29, 1.82) is 0 Å². The number of likely N-dealkylation sites (N-methyl/N-ethyl adjacent to an activating group) is 1. The normalized spacial score (nSPS) is 9.94. The number of carboxylic acids is 1. The van der Waals surface area contributed by atoms with Crippen LogP contribution in [0.15, 0.2) is 0 Å². The Labute approximate surface area is 97.0 Å². The summed E-state index contributed by atoms with van der Waals surface area (Å²) < 4.78 is 0. The maximum atomic E-state index is 12.0. The van der Waals surface area contributed by atoms with E-state index in [1.807, 2.05) is 13.8 Å². The molecule has 16 heavy (non-hydrogen) atoms. The fourth-order valence-electron chi connectivity index (χ4n) is 1.52. The molecule has 5 nitrogen and oxygen atoms in total. The summed E-state index contributed by atoms with van der Waals surface area (Å²) in [7, 11) is 0. The fraction of sp³-hybridized carbons (Fsp3) is 0.818. The number of hydrogen-bond donors (Lipinski definition) is 1. The van der Waals surface area contributed by atoms with E-state index in [4.69, 9.17) is 5.11 Å². The van der Waals surface area contributed by atoms with E-state index in [-0.39, 0.29) is 12.6 Å². The van der Waals surface area contributed by atoms with Gasteiger partial charge in [-0.1, -0.05) is 13.8 Å². The van der Waals surface area contributed by atoms with Crippen LogP contribution in [0.2, 0.25) is 0 Å². The highest BCUT2D eigenvalue weighted by molar-refractivity contribution is 5.80. The van der Waals surface area contributed by atoms with Crippen LogP contribution >= 0.6 is 0 Å². The molecule has 5 heteroatoms. The third-order valence-electron chi connectivity index (χ3n) is 2.24. The average Bonchev–Trinajstić information content (AvgIpc) is 2.24. The summed E-state index contributed by atoms with van der Waals surface area (Å²) in [6.45, 7) is 7.36. The molecule has 0 aliphatic carbocycles. The average molecular weight is 230 g/mol. The smallest absolute Gasteiger partial charge is 0.323 e.